The molecule has 7 heteroatoms. The Labute approximate surface area is 177 Å². The van der Waals surface area contributed by atoms with E-state index in [0.29, 0.717) is 0 Å². The number of piperidine rings is 1. The van der Waals surface area contributed by atoms with Crippen LogP contribution in [0.4, 0.5) is 0 Å². The highest BCUT2D eigenvalue weighted by atomic mass is 16.1. The van der Waals surface area contributed by atoms with Crippen LogP contribution in [0.1, 0.15) is 75.0 Å². The molecule has 0 saturated carbocycles. The number of likely N-dealkylation sites (tertiary alicyclic amines) is 1. The summed E-state index contributed by atoms with van der Waals surface area (Å²) in [4.78, 5) is 18.8. The number of hydrogen-bond donors (Lipinski definition) is 1. The lowest BCUT2D eigenvalue weighted by atomic mass is 9.96. The van der Waals surface area contributed by atoms with Crippen molar-refractivity contribution in [3.05, 3.63) is 51.1 Å². The lowest BCUT2D eigenvalue weighted by molar-refractivity contribution is 0.167. The summed E-state index contributed by atoms with van der Waals surface area (Å²) in [6.07, 6.45) is 4.36. The molecular formula is C23H32N6O. The second-order valence-corrected chi connectivity index (χ2v) is 9.21. The minimum atomic E-state index is -0.264. The summed E-state index contributed by atoms with van der Waals surface area (Å²) in [7, 11) is 0. The Kier molecular flexibility index (Phi) is 5.49. The maximum atomic E-state index is 13.3. The molecule has 1 fully saturated rings. The van der Waals surface area contributed by atoms with Crippen molar-refractivity contribution in [1.29, 1.82) is 0 Å². The molecule has 0 bridgehead atoms. The number of benzene rings is 1. The number of aromatic amines is 1. The van der Waals surface area contributed by atoms with Crippen molar-refractivity contribution in [1.82, 2.24) is 30.1 Å². The summed E-state index contributed by atoms with van der Waals surface area (Å²) in [5.74, 6) is 0.748. The molecule has 2 aromatic heterocycles. The molecule has 0 aliphatic carbocycles. The van der Waals surface area contributed by atoms with Gasteiger partial charge in [0, 0.05) is 16.5 Å². The molecule has 1 saturated heterocycles. The van der Waals surface area contributed by atoms with Crippen LogP contribution in [0.25, 0.3) is 10.9 Å². The van der Waals surface area contributed by atoms with Crippen LogP contribution < -0.4 is 5.56 Å². The van der Waals surface area contributed by atoms with Gasteiger partial charge in [0.1, 0.15) is 6.04 Å². The van der Waals surface area contributed by atoms with Gasteiger partial charge in [0.05, 0.1) is 5.54 Å². The van der Waals surface area contributed by atoms with Crippen LogP contribution in [-0.4, -0.2) is 43.2 Å². The van der Waals surface area contributed by atoms with Crippen molar-refractivity contribution < 1.29 is 0 Å². The molecule has 30 heavy (non-hydrogen) atoms. The van der Waals surface area contributed by atoms with E-state index >= 15 is 0 Å². The van der Waals surface area contributed by atoms with E-state index in [1.165, 1.54) is 6.42 Å². The van der Waals surface area contributed by atoms with Gasteiger partial charge in [-0.3, -0.25) is 9.69 Å². The van der Waals surface area contributed by atoms with Crippen molar-refractivity contribution in [3.63, 3.8) is 0 Å². The summed E-state index contributed by atoms with van der Waals surface area (Å²) in [6.45, 7) is 12.4. The number of rotatable bonds is 5. The summed E-state index contributed by atoms with van der Waals surface area (Å²) >= 11 is 0. The van der Waals surface area contributed by atoms with Crippen LogP contribution in [-0.2, 0) is 5.54 Å². The number of nitrogens with one attached hydrogen (secondary N) is 1. The van der Waals surface area contributed by atoms with Crippen molar-refractivity contribution in [2.45, 2.75) is 71.9 Å². The molecule has 160 valence electrons. The third kappa shape index (κ3) is 3.67. The van der Waals surface area contributed by atoms with Crippen molar-refractivity contribution in [2.24, 2.45) is 0 Å². The minimum Gasteiger partial charge on any atom is -0.322 e. The summed E-state index contributed by atoms with van der Waals surface area (Å²) < 4.78 is 1.91. The molecule has 1 aliphatic rings. The van der Waals surface area contributed by atoms with Gasteiger partial charge in [-0.2, -0.15) is 0 Å². The molecule has 1 aromatic carbocycles. The zero-order chi connectivity index (χ0) is 21.5. The standard InChI is InChI=1S/C23H32N6O/c1-6-23(4,5)29-21(25-26-27-29)20(28-10-8-7-9-11-28)18-14-17-16(3)12-15(2)13-19(17)24-22(18)30/h12-14,20H,6-11H2,1-5H3,(H,24,30)/t20-/m1/s1. The van der Waals surface area contributed by atoms with Gasteiger partial charge in [-0.15, -0.1) is 5.10 Å². The number of fused-ring (bicyclic) bond motifs is 1. The molecule has 0 radical (unpaired) electrons. The normalized spacial score (nSPS) is 16.8. The zero-order valence-corrected chi connectivity index (χ0v) is 18.7. The third-order valence-electron chi connectivity index (χ3n) is 6.57. The first-order chi connectivity index (χ1) is 14.3. The average molecular weight is 409 g/mol. The summed E-state index contributed by atoms with van der Waals surface area (Å²) in [5.41, 5.74) is 3.61. The highest BCUT2D eigenvalue weighted by molar-refractivity contribution is 5.83. The number of hydrogen-bond acceptors (Lipinski definition) is 5. The Morgan fingerprint density at radius 1 is 1.13 bits per heavy atom. The van der Waals surface area contributed by atoms with E-state index in [9.17, 15) is 4.79 Å². The van der Waals surface area contributed by atoms with E-state index in [-0.39, 0.29) is 17.1 Å². The topological polar surface area (TPSA) is 79.7 Å². The van der Waals surface area contributed by atoms with Crippen LogP contribution in [0.5, 0.6) is 0 Å². The second-order valence-electron chi connectivity index (χ2n) is 9.21. The van der Waals surface area contributed by atoms with E-state index < -0.39 is 0 Å². The molecule has 1 aliphatic heterocycles. The van der Waals surface area contributed by atoms with E-state index in [2.05, 4.69) is 72.2 Å². The number of nitrogens with zero attached hydrogens (tertiary/aromatic N) is 5. The van der Waals surface area contributed by atoms with Crippen molar-refractivity contribution >= 4 is 10.9 Å². The Balaban J connectivity index is 1.93. The van der Waals surface area contributed by atoms with Crippen LogP contribution in [0.15, 0.2) is 23.0 Å². The summed E-state index contributed by atoms with van der Waals surface area (Å²) in [6, 6.07) is 5.98. The van der Waals surface area contributed by atoms with Gasteiger partial charge in [0.25, 0.3) is 5.56 Å². The molecular weight excluding hydrogens is 376 g/mol. The van der Waals surface area contributed by atoms with Gasteiger partial charge in [-0.25, -0.2) is 4.68 Å². The lowest BCUT2D eigenvalue weighted by Gasteiger charge is -2.35. The Morgan fingerprint density at radius 3 is 2.57 bits per heavy atom. The van der Waals surface area contributed by atoms with Crippen LogP contribution >= 0.6 is 0 Å². The molecule has 1 atom stereocenters. The smallest absolute Gasteiger partial charge is 0.253 e. The van der Waals surface area contributed by atoms with Gasteiger partial charge >= 0.3 is 0 Å². The zero-order valence-electron chi connectivity index (χ0n) is 18.7. The van der Waals surface area contributed by atoms with Gasteiger partial charge in [-0.05, 0) is 93.7 Å². The largest absolute Gasteiger partial charge is 0.322 e. The molecule has 3 heterocycles. The summed E-state index contributed by atoms with van der Waals surface area (Å²) in [5, 5.41) is 13.9. The number of tetrazole rings is 1. The Bertz CT molecular complexity index is 1110. The number of aryl methyl sites for hydroxylation is 2. The molecule has 4 rings (SSSR count). The van der Waals surface area contributed by atoms with Crippen molar-refractivity contribution in [3.8, 4) is 0 Å². The fourth-order valence-electron chi connectivity index (χ4n) is 4.51. The first-order valence-corrected chi connectivity index (χ1v) is 11.0. The lowest BCUT2D eigenvalue weighted by Crippen LogP contribution is -2.40. The maximum Gasteiger partial charge on any atom is 0.253 e. The first kappa shape index (κ1) is 20.7. The van der Waals surface area contributed by atoms with Gasteiger partial charge in [-0.1, -0.05) is 19.4 Å². The molecule has 7 nitrogen and oxygen atoms in total. The molecule has 0 unspecified atom stereocenters. The highest BCUT2D eigenvalue weighted by Gasteiger charge is 2.34. The fraction of sp³-hybridized carbons (Fsp3) is 0.565. The molecule has 1 N–H and O–H groups in total. The maximum absolute atomic E-state index is 13.3. The predicted molar refractivity (Wildman–Crippen MR) is 119 cm³/mol. The monoisotopic (exact) mass is 408 g/mol. The quantitative estimate of drug-likeness (QED) is 0.694. The second kappa shape index (κ2) is 7.95. The number of pyridine rings is 1. The van der Waals surface area contributed by atoms with Gasteiger partial charge in [0.2, 0.25) is 0 Å². The van der Waals surface area contributed by atoms with E-state index in [1.54, 1.807) is 0 Å². The highest BCUT2D eigenvalue weighted by Crippen LogP contribution is 2.32. The molecule has 0 amide bonds. The van der Waals surface area contributed by atoms with Gasteiger partial charge < -0.3 is 4.98 Å². The predicted octanol–water partition coefficient (Wildman–Crippen LogP) is 3.85. The minimum absolute atomic E-state index is 0.0630. The van der Waals surface area contributed by atoms with Crippen LogP contribution in [0.3, 0.4) is 0 Å². The van der Waals surface area contributed by atoms with Crippen LogP contribution in [0, 0.1) is 13.8 Å². The average Bonchev–Trinajstić information content (AvgIpc) is 3.20. The van der Waals surface area contributed by atoms with Crippen molar-refractivity contribution in [2.75, 3.05) is 13.1 Å². The first-order valence-electron chi connectivity index (χ1n) is 11.0. The number of aromatic nitrogens is 5. The van der Waals surface area contributed by atoms with E-state index in [0.717, 1.165) is 65.8 Å². The van der Waals surface area contributed by atoms with E-state index in [1.807, 2.05) is 10.7 Å². The Morgan fingerprint density at radius 2 is 1.87 bits per heavy atom. The molecule has 3 aromatic rings. The number of H-pyrrole nitrogens is 1. The third-order valence-corrected chi connectivity index (χ3v) is 6.57. The van der Waals surface area contributed by atoms with Crippen LogP contribution in [0.2, 0.25) is 0 Å². The Hall–Kier alpha value is -2.54. The SMILES string of the molecule is CCC(C)(C)n1nnnc1[C@@H](c1cc2c(C)cc(C)cc2[nH]c1=O)N1CCCCC1. The fourth-order valence-corrected chi connectivity index (χ4v) is 4.51. The molecule has 0 spiro atoms. The van der Waals surface area contributed by atoms with Gasteiger partial charge in [0.15, 0.2) is 5.82 Å². The van der Waals surface area contributed by atoms with E-state index in [4.69, 9.17) is 0 Å².